The predicted octanol–water partition coefficient (Wildman–Crippen LogP) is 1.41. The summed E-state index contributed by atoms with van der Waals surface area (Å²) in [5.41, 5.74) is 1.94. The number of anilines is 2. The van der Waals surface area contributed by atoms with Gasteiger partial charge in [0.15, 0.2) is 5.82 Å². The van der Waals surface area contributed by atoms with Gasteiger partial charge in [0.1, 0.15) is 30.1 Å². The SMILES string of the molecule is CNCC(O)COc1cccc(-c2nc(N[C@@H]3CCOC3)c(C)c(N3CCN[C@@H](C)C3)n2)c1. The van der Waals surface area contributed by atoms with E-state index >= 15 is 0 Å². The second kappa shape index (κ2) is 11.1. The van der Waals surface area contributed by atoms with Crippen LogP contribution in [0.15, 0.2) is 24.3 Å². The number of ether oxygens (including phenoxy) is 2. The number of nitrogens with zero attached hydrogens (tertiary/aromatic N) is 3. The smallest absolute Gasteiger partial charge is 0.164 e. The highest BCUT2D eigenvalue weighted by Crippen LogP contribution is 2.30. The molecule has 4 N–H and O–H groups in total. The van der Waals surface area contributed by atoms with Gasteiger partial charge in [0.2, 0.25) is 0 Å². The van der Waals surface area contributed by atoms with Gasteiger partial charge in [-0.3, -0.25) is 0 Å². The molecule has 1 aromatic heterocycles. The monoisotopic (exact) mass is 456 g/mol. The van der Waals surface area contributed by atoms with E-state index in [-0.39, 0.29) is 12.6 Å². The van der Waals surface area contributed by atoms with Crippen LogP contribution in [0, 0.1) is 6.92 Å². The van der Waals surface area contributed by atoms with Crippen molar-refractivity contribution < 1.29 is 14.6 Å². The van der Waals surface area contributed by atoms with Gasteiger partial charge in [-0.1, -0.05) is 12.1 Å². The summed E-state index contributed by atoms with van der Waals surface area (Å²) < 4.78 is 11.4. The molecule has 1 aromatic carbocycles. The molecule has 9 heteroatoms. The van der Waals surface area contributed by atoms with E-state index in [0.717, 1.165) is 55.4 Å². The Morgan fingerprint density at radius 3 is 3.00 bits per heavy atom. The van der Waals surface area contributed by atoms with E-state index in [1.54, 1.807) is 7.05 Å². The van der Waals surface area contributed by atoms with Crippen molar-refractivity contribution in [2.24, 2.45) is 0 Å². The van der Waals surface area contributed by atoms with Gasteiger partial charge in [-0.05, 0) is 39.4 Å². The van der Waals surface area contributed by atoms with E-state index in [4.69, 9.17) is 19.4 Å². The van der Waals surface area contributed by atoms with Crippen molar-refractivity contribution in [2.45, 2.75) is 38.5 Å². The lowest BCUT2D eigenvalue weighted by molar-refractivity contribution is 0.108. The summed E-state index contributed by atoms with van der Waals surface area (Å²) in [4.78, 5) is 12.3. The van der Waals surface area contributed by atoms with Crippen molar-refractivity contribution in [1.29, 1.82) is 0 Å². The van der Waals surface area contributed by atoms with E-state index in [9.17, 15) is 5.11 Å². The van der Waals surface area contributed by atoms with Crippen LogP contribution in [0.1, 0.15) is 18.9 Å². The lowest BCUT2D eigenvalue weighted by Gasteiger charge is -2.34. The number of benzene rings is 1. The molecule has 0 amide bonds. The Hall–Kier alpha value is -2.46. The molecule has 2 fully saturated rings. The summed E-state index contributed by atoms with van der Waals surface area (Å²) >= 11 is 0. The molecule has 0 saturated carbocycles. The first-order valence-electron chi connectivity index (χ1n) is 11.8. The van der Waals surface area contributed by atoms with E-state index in [0.29, 0.717) is 30.8 Å². The lowest BCUT2D eigenvalue weighted by Crippen LogP contribution is -2.49. The topological polar surface area (TPSA) is 104 Å². The van der Waals surface area contributed by atoms with Crippen molar-refractivity contribution in [3.8, 4) is 17.1 Å². The van der Waals surface area contributed by atoms with Crippen LogP contribution in [0.4, 0.5) is 11.6 Å². The summed E-state index contributed by atoms with van der Waals surface area (Å²) in [6.07, 6.45) is 0.400. The van der Waals surface area contributed by atoms with Crippen molar-refractivity contribution in [2.75, 3.05) is 63.3 Å². The Morgan fingerprint density at radius 2 is 2.24 bits per heavy atom. The molecule has 3 heterocycles. The zero-order valence-corrected chi connectivity index (χ0v) is 19.8. The highest BCUT2D eigenvalue weighted by molar-refractivity contribution is 5.67. The minimum Gasteiger partial charge on any atom is -0.491 e. The number of aliphatic hydroxyl groups is 1. The quantitative estimate of drug-likeness (QED) is 0.446. The van der Waals surface area contributed by atoms with E-state index in [1.807, 2.05) is 24.3 Å². The normalized spacial score (nSPS) is 21.8. The zero-order chi connectivity index (χ0) is 23.2. The second-order valence-corrected chi connectivity index (χ2v) is 8.90. The van der Waals surface area contributed by atoms with Crippen LogP contribution in [0.3, 0.4) is 0 Å². The highest BCUT2D eigenvalue weighted by Gasteiger charge is 2.24. The van der Waals surface area contributed by atoms with E-state index < -0.39 is 6.10 Å². The zero-order valence-electron chi connectivity index (χ0n) is 19.8. The molecular weight excluding hydrogens is 420 g/mol. The summed E-state index contributed by atoms with van der Waals surface area (Å²) in [6.45, 7) is 9.18. The molecule has 2 saturated heterocycles. The first kappa shape index (κ1) is 23.7. The van der Waals surface area contributed by atoms with Crippen molar-refractivity contribution >= 4 is 11.6 Å². The maximum atomic E-state index is 9.96. The highest BCUT2D eigenvalue weighted by atomic mass is 16.5. The molecule has 9 nitrogen and oxygen atoms in total. The third-order valence-electron chi connectivity index (χ3n) is 6.03. The van der Waals surface area contributed by atoms with Gasteiger partial charge in [0.05, 0.1) is 12.6 Å². The van der Waals surface area contributed by atoms with Crippen LogP contribution in [-0.2, 0) is 4.74 Å². The molecule has 2 aliphatic heterocycles. The molecule has 0 bridgehead atoms. The molecule has 3 atom stereocenters. The van der Waals surface area contributed by atoms with Gasteiger partial charge < -0.3 is 35.4 Å². The molecule has 0 aliphatic carbocycles. The maximum absolute atomic E-state index is 9.96. The maximum Gasteiger partial charge on any atom is 0.164 e. The van der Waals surface area contributed by atoms with Crippen LogP contribution in [-0.4, -0.2) is 86.3 Å². The van der Waals surface area contributed by atoms with Crippen molar-refractivity contribution in [3.05, 3.63) is 29.8 Å². The summed E-state index contributed by atoms with van der Waals surface area (Å²) in [6, 6.07) is 8.40. The van der Waals surface area contributed by atoms with E-state index in [2.05, 4.69) is 34.7 Å². The Kier molecular flexibility index (Phi) is 7.97. The van der Waals surface area contributed by atoms with Gasteiger partial charge >= 0.3 is 0 Å². The van der Waals surface area contributed by atoms with Gasteiger partial charge in [-0.25, -0.2) is 9.97 Å². The van der Waals surface area contributed by atoms with E-state index in [1.165, 1.54) is 0 Å². The number of hydrogen-bond acceptors (Lipinski definition) is 9. The molecule has 2 aliphatic rings. The van der Waals surface area contributed by atoms with Crippen LogP contribution in [0.25, 0.3) is 11.4 Å². The third kappa shape index (κ3) is 6.11. The average Bonchev–Trinajstić information content (AvgIpc) is 3.32. The average molecular weight is 457 g/mol. The van der Waals surface area contributed by atoms with Crippen molar-refractivity contribution in [3.63, 3.8) is 0 Å². The molecule has 0 radical (unpaired) electrons. The Labute approximate surface area is 195 Å². The minimum absolute atomic E-state index is 0.220. The first-order valence-corrected chi connectivity index (χ1v) is 11.8. The fraction of sp³-hybridized carbons (Fsp3) is 0.583. The third-order valence-corrected chi connectivity index (χ3v) is 6.03. The standard InChI is InChI=1S/C24H36N6O3/c1-16-13-30(9-8-26-16)24-17(2)22(27-19-7-10-32-14-19)28-23(29-24)18-5-4-6-21(11-18)33-15-20(31)12-25-3/h4-6,11,16,19-20,25-26,31H,7-10,12-15H2,1-3H3,(H,27,28,29)/t16-,19+,20?/m0/s1. The number of rotatable bonds is 9. The largest absolute Gasteiger partial charge is 0.491 e. The summed E-state index contributed by atoms with van der Waals surface area (Å²) in [5.74, 6) is 3.16. The molecule has 33 heavy (non-hydrogen) atoms. The number of aromatic nitrogens is 2. The van der Waals surface area contributed by atoms with Crippen LogP contribution in [0.5, 0.6) is 5.75 Å². The van der Waals surface area contributed by atoms with Gasteiger partial charge in [0.25, 0.3) is 0 Å². The summed E-state index contributed by atoms with van der Waals surface area (Å²) in [5, 5.41) is 20.0. The molecule has 2 aromatic rings. The molecule has 0 spiro atoms. The van der Waals surface area contributed by atoms with Crippen LogP contribution < -0.4 is 25.6 Å². The number of nitrogens with one attached hydrogen (secondary N) is 3. The number of hydrogen-bond donors (Lipinski definition) is 4. The molecular formula is C24H36N6O3. The van der Waals surface area contributed by atoms with Crippen LogP contribution >= 0.6 is 0 Å². The number of likely N-dealkylation sites (N-methyl/N-ethyl adjacent to an activating group) is 1. The lowest BCUT2D eigenvalue weighted by atomic mass is 10.1. The van der Waals surface area contributed by atoms with Gasteiger partial charge in [-0.15, -0.1) is 0 Å². The summed E-state index contributed by atoms with van der Waals surface area (Å²) in [7, 11) is 1.80. The fourth-order valence-electron chi connectivity index (χ4n) is 4.26. The molecule has 1 unspecified atom stereocenters. The fourth-order valence-corrected chi connectivity index (χ4v) is 4.26. The molecule has 180 valence electrons. The molecule has 4 rings (SSSR count). The number of piperazine rings is 1. The van der Waals surface area contributed by atoms with Gasteiger partial charge in [-0.2, -0.15) is 0 Å². The Morgan fingerprint density at radius 1 is 1.36 bits per heavy atom. The minimum atomic E-state index is -0.569. The second-order valence-electron chi connectivity index (χ2n) is 8.90. The van der Waals surface area contributed by atoms with Gasteiger partial charge in [0, 0.05) is 50.0 Å². The Bertz CT molecular complexity index is 921. The number of aliphatic hydroxyl groups excluding tert-OH is 1. The predicted molar refractivity (Wildman–Crippen MR) is 130 cm³/mol. The van der Waals surface area contributed by atoms with Crippen LogP contribution in [0.2, 0.25) is 0 Å². The Balaban J connectivity index is 1.64. The van der Waals surface area contributed by atoms with Crippen molar-refractivity contribution in [1.82, 2.24) is 20.6 Å². The first-order chi connectivity index (χ1) is 16.0.